The van der Waals surface area contributed by atoms with Crippen molar-refractivity contribution in [1.29, 1.82) is 0 Å². The highest BCUT2D eigenvalue weighted by atomic mass is 16.6. The first-order chi connectivity index (χ1) is 16.0. The number of hydrogen-bond acceptors (Lipinski definition) is 7. The predicted molar refractivity (Wildman–Crippen MR) is 122 cm³/mol. The third-order valence-corrected chi connectivity index (χ3v) is 5.65. The van der Waals surface area contributed by atoms with Crippen molar-refractivity contribution in [2.45, 2.75) is 25.3 Å². The minimum absolute atomic E-state index is 0.168. The van der Waals surface area contributed by atoms with E-state index in [1.54, 1.807) is 68.8 Å². The molecule has 0 radical (unpaired) electrons. The summed E-state index contributed by atoms with van der Waals surface area (Å²) in [6.07, 6.45) is 2.35. The van der Waals surface area contributed by atoms with Gasteiger partial charge >= 0.3 is 11.9 Å². The Balaban J connectivity index is 1.66. The predicted octanol–water partition coefficient (Wildman–Crippen LogP) is 4.48. The topological polar surface area (TPSA) is 97.1 Å². The van der Waals surface area contributed by atoms with Gasteiger partial charge < -0.3 is 24.7 Å². The molecule has 0 fully saturated rings. The van der Waals surface area contributed by atoms with E-state index >= 15 is 0 Å². The molecule has 3 aromatic carbocycles. The summed E-state index contributed by atoms with van der Waals surface area (Å²) < 4.78 is 21.7. The Morgan fingerprint density at radius 2 is 1.33 bits per heavy atom. The fourth-order valence-electron chi connectivity index (χ4n) is 3.84. The minimum Gasteiger partial charge on any atom is -0.497 e. The van der Waals surface area contributed by atoms with E-state index in [1.165, 1.54) is 0 Å². The second-order valence-electron chi connectivity index (χ2n) is 7.70. The highest BCUT2D eigenvalue weighted by molar-refractivity contribution is 5.93. The van der Waals surface area contributed by atoms with Crippen LogP contribution in [0.2, 0.25) is 0 Å². The number of ether oxygens (including phenoxy) is 4. The van der Waals surface area contributed by atoms with Gasteiger partial charge in [0.15, 0.2) is 11.5 Å². The third-order valence-electron chi connectivity index (χ3n) is 5.65. The van der Waals surface area contributed by atoms with Crippen LogP contribution in [-0.4, -0.2) is 26.2 Å². The molecule has 0 aromatic heterocycles. The second-order valence-corrected chi connectivity index (χ2v) is 7.70. The van der Waals surface area contributed by atoms with Crippen molar-refractivity contribution in [2.24, 2.45) is 5.73 Å². The zero-order chi connectivity index (χ0) is 23.4. The van der Waals surface area contributed by atoms with Crippen LogP contribution >= 0.6 is 0 Å². The molecule has 0 aliphatic heterocycles. The standard InChI is InChI=1S/C26H25NO6/c1-30-18-10-6-16(7-11-18)25(28)32-23-15-14-20-21(4-3-5-22(20)27)24(23)33-26(29)17-8-12-19(31-2)13-9-17/h6-15,22H,3-5,27H2,1-2H3. The van der Waals surface area contributed by atoms with Crippen LogP contribution in [-0.2, 0) is 6.42 Å². The van der Waals surface area contributed by atoms with Crippen LogP contribution < -0.4 is 24.7 Å². The Hall–Kier alpha value is -3.84. The number of hydrogen-bond donors (Lipinski definition) is 1. The van der Waals surface area contributed by atoms with Crippen LogP contribution in [0, 0.1) is 0 Å². The SMILES string of the molecule is COc1ccc(C(=O)Oc2ccc3c(c2OC(=O)c2ccc(OC)cc2)CCCC3N)cc1. The van der Waals surface area contributed by atoms with Gasteiger partial charge in [-0.25, -0.2) is 9.59 Å². The number of carbonyl (C=O) groups excluding carboxylic acids is 2. The monoisotopic (exact) mass is 447 g/mol. The van der Waals surface area contributed by atoms with Crippen molar-refractivity contribution in [2.75, 3.05) is 14.2 Å². The quantitative estimate of drug-likeness (QED) is 0.440. The molecule has 0 saturated heterocycles. The number of esters is 2. The molecule has 7 heteroatoms. The molecule has 1 aliphatic carbocycles. The molecular formula is C26H25NO6. The van der Waals surface area contributed by atoms with Gasteiger partial charge in [-0.1, -0.05) is 6.07 Å². The number of nitrogens with two attached hydrogens (primary N) is 1. The highest BCUT2D eigenvalue weighted by Crippen LogP contribution is 2.41. The Labute approximate surface area is 192 Å². The molecule has 2 N–H and O–H groups in total. The Kier molecular flexibility index (Phi) is 6.60. The van der Waals surface area contributed by atoms with Gasteiger partial charge in [0, 0.05) is 11.6 Å². The lowest BCUT2D eigenvalue weighted by molar-refractivity contribution is 0.0680. The number of carbonyl (C=O) groups is 2. The molecule has 0 spiro atoms. The van der Waals surface area contributed by atoms with E-state index in [0.29, 0.717) is 29.0 Å². The molecule has 0 bridgehead atoms. The first kappa shape index (κ1) is 22.4. The van der Waals surface area contributed by atoms with Gasteiger partial charge in [-0.2, -0.15) is 0 Å². The van der Waals surface area contributed by atoms with Crippen molar-refractivity contribution in [3.05, 3.63) is 82.9 Å². The Bertz CT molecular complexity index is 1150. The lowest BCUT2D eigenvalue weighted by Gasteiger charge is -2.25. The molecule has 0 heterocycles. The van der Waals surface area contributed by atoms with Gasteiger partial charge in [-0.15, -0.1) is 0 Å². The summed E-state index contributed by atoms with van der Waals surface area (Å²) in [5.41, 5.74) is 8.66. The Morgan fingerprint density at radius 1 is 0.788 bits per heavy atom. The summed E-state index contributed by atoms with van der Waals surface area (Å²) in [4.78, 5) is 25.7. The van der Waals surface area contributed by atoms with Crippen LogP contribution in [0.5, 0.6) is 23.0 Å². The molecule has 4 rings (SSSR count). The van der Waals surface area contributed by atoms with Crippen LogP contribution in [0.25, 0.3) is 0 Å². The maximum absolute atomic E-state index is 12.9. The zero-order valence-electron chi connectivity index (χ0n) is 18.5. The van der Waals surface area contributed by atoms with E-state index in [1.807, 2.05) is 6.07 Å². The molecule has 1 atom stereocenters. The van der Waals surface area contributed by atoms with E-state index in [0.717, 1.165) is 24.0 Å². The molecule has 33 heavy (non-hydrogen) atoms. The summed E-state index contributed by atoms with van der Waals surface area (Å²) >= 11 is 0. The number of benzene rings is 3. The molecule has 1 unspecified atom stereocenters. The largest absolute Gasteiger partial charge is 0.497 e. The average molecular weight is 447 g/mol. The van der Waals surface area contributed by atoms with Crippen LogP contribution in [0.4, 0.5) is 0 Å². The van der Waals surface area contributed by atoms with Gasteiger partial charge in [0.1, 0.15) is 11.5 Å². The van der Waals surface area contributed by atoms with Crippen LogP contribution in [0.3, 0.4) is 0 Å². The van der Waals surface area contributed by atoms with E-state index in [-0.39, 0.29) is 17.5 Å². The van der Waals surface area contributed by atoms with Crippen molar-refractivity contribution >= 4 is 11.9 Å². The lowest BCUT2D eigenvalue weighted by atomic mass is 9.87. The van der Waals surface area contributed by atoms with Crippen molar-refractivity contribution in [1.82, 2.24) is 0 Å². The van der Waals surface area contributed by atoms with E-state index in [9.17, 15) is 9.59 Å². The molecular weight excluding hydrogens is 422 g/mol. The third kappa shape index (κ3) is 4.83. The maximum Gasteiger partial charge on any atom is 0.343 e. The normalized spacial score (nSPS) is 14.7. The van der Waals surface area contributed by atoms with E-state index in [4.69, 9.17) is 24.7 Å². The van der Waals surface area contributed by atoms with Gasteiger partial charge in [-0.05, 0) is 79.4 Å². The van der Waals surface area contributed by atoms with Crippen LogP contribution in [0.1, 0.15) is 50.7 Å². The molecule has 3 aromatic rings. The fourth-order valence-corrected chi connectivity index (χ4v) is 3.84. The summed E-state index contributed by atoms with van der Waals surface area (Å²) in [7, 11) is 3.10. The maximum atomic E-state index is 12.9. The first-order valence-corrected chi connectivity index (χ1v) is 10.6. The lowest BCUT2D eigenvalue weighted by Crippen LogP contribution is -2.20. The number of methoxy groups -OCH3 is 2. The molecule has 170 valence electrons. The second kappa shape index (κ2) is 9.75. The van der Waals surface area contributed by atoms with E-state index < -0.39 is 11.9 Å². The smallest absolute Gasteiger partial charge is 0.343 e. The van der Waals surface area contributed by atoms with Gasteiger partial charge in [0.25, 0.3) is 0 Å². The number of rotatable bonds is 6. The average Bonchev–Trinajstić information content (AvgIpc) is 2.85. The summed E-state index contributed by atoms with van der Waals surface area (Å²) in [5.74, 6) is 0.523. The highest BCUT2D eigenvalue weighted by Gasteiger charge is 2.26. The molecule has 0 amide bonds. The minimum atomic E-state index is -0.570. The summed E-state index contributed by atoms with van der Waals surface area (Å²) in [5, 5.41) is 0. The van der Waals surface area contributed by atoms with Gasteiger partial charge in [0.2, 0.25) is 0 Å². The molecule has 1 aliphatic rings. The van der Waals surface area contributed by atoms with Gasteiger partial charge in [0.05, 0.1) is 25.3 Å². The van der Waals surface area contributed by atoms with Crippen molar-refractivity contribution < 1.29 is 28.5 Å². The first-order valence-electron chi connectivity index (χ1n) is 10.6. The van der Waals surface area contributed by atoms with Crippen LogP contribution in [0.15, 0.2) is 60.7 Å². The van der Waals surface area contributed by atoms with Crippen molar-refractivity contribution in [3.63, 3.8) is 0 Å². The van der Waals surface area contributed by atoms with Gasteiger partial charge in [-0.3, -0.25) is 0 Å². The fraction of sp³-hybridized carbons (Fsp3) is 0.231. The molecule has 0 saturated carbocycles. The van der Waals surface area contributed by atoms with E-state index in [2.05, 4.69) is 0 Å². The summed E-state index contributed by atoms with van der Waals surface area (Å²) in [6.45, 7) is 0. The molecule has 7 nitrogen and oxygen atoms in total. The Morgan fingerprint density at radius 3 is 1.88 bits per heavy atom. The zero-order valence-corrected chi connectivity index (χ0v) is 18.5. The summed E-state index contributed by atoms with van der Waals surface area (Å²) in [6, 6.07) is 16.4. The number of fused-ring (bicyclic) bond motifs is 1. The van der Waals surface area contributed by atoms with Crippen molar-refractivity contribution in [3.8, 4) is 23.0 Å².